The number of fused-ring (bicyclic) bond motifs is 1. The molecule has 1 aliphatic carbocycles. The number of carbonyl (C=O) groups excluding carboxylic acids is 1. The van der Waals surface area contributed by atoms with Crippen molar-refractivity contribution in [3.63, 3.8) is 0 Å². The van der Waals surface area contributed by atoms with Crippen LogP contribution in [0.25, 0.3) is 10.2 Å². The Bertz CT molecular complexity index is 1040. The number of carbonyl (C=O) groups is 1. The van der Waals surface area contributed by atoms with E-state index in [9.17, 15) is 4.79 Å². The zero-order chi connectivity index (χ0) is 21.3. The fourth-order valence-electron chi connectivity index (χ4n) is 3.86. The molecule has 3 aromatic rings. The summed E-state index contributed by atoms with van der Waals surface area (Å²) in [4.78, 5) is 24.0. The monoisotopic (exact) mass is 442 g/mol. The summed E-state index contributed by atoms with van der Waals surface area (Å²) in [5.74, 6) is 1.26. The van der Waals surface area contributed by atoms with Crippen LogP contribution in [0.5, 0.6) is 0 Å². The average molecular weight is 443 g/mol. The second-order valence-electron chi connectivity index (χ2n) is 8.29. The van der Waals surface area contributed by atoms with Crippen LogP contribution in [0.1, 0.15) is 60.8 Å². The van der Waals surface area contributed by atoms with Gasteiger partial charge in [0.05, 0.1) is 15.2 Å². The Morgan fingerprint density at radius 3 is 2.70 bits per heavy atom. The van der Waals surface area contributed by atoms with E-state index in [2.05, 4.69) is 29.0 Å². The minimum Gasteiger partial charge on any atom is -0.357 e. The number of pyridine rings is 1. The second-order valence-corrected chi connectivity index (χ2v) is 9.79. The van der Waals surface area contributed by atoms with Crippen molar-refractivity contribution in [1.82, 2.24) is 15.3 Å². The molecule has 2 heterocycles. The SMILES string of the molecule is CC(C)N(C)c1cc(C(=O)NC2CCC(c3nc4cc(Cl)ccc4s3)CC2)ccn1. The van der Waals surface area contributed by atoms with Gasteiger partial charge in [-0.05, 0) is 69.9 Å². The summed E-state index contributed by atoms with van der Waals surface area (Å²) in [5, 5.41) is 5.13. The molecule has 1 fully saturated rings. The Hall–Kier alpha value is -2.18. The third-order valence-electron chi connectivity index (χ3n) is 5.92. The van der Waals surface area contributed by atoms with Gasteiger partial charge in [-0.3, -0.25) is 4.79 Å². The fourth-order valence-corrected chi connectivity index (χ4v) is 5.15. The van der Waals surface area contributed by atoms with Crippen LogP contribution in [0.4, 0.5) is 5.82 Å². The largest absolute Gasteiger partial charge is 0.357 e. The molecule has 158 valence electrons. The van der Waals surface area contributed by atoms with Crippen LogP contribution in [-0.4, -0.2) is 35.0 Å². The highest BCUT2D eigenvalue weighted by molar-refractivity contribution is 7.18. The first-order chi connectivity index (χ1) is 14.4. The average Bonchev–Trinajstić information content (AvgIpc) is 3.17. The Kier molecular flexibility index (Phi) is 6.25. The minimum absolute atomic E-state index is 0.0196. The molecule has 1 aliphatic rings. The van der Waals surface area contributed by atoms with Crippen molar-refractivity contribution in [2.45, 2.75) is 57.5 Å². The number of aromatic nitrogens is 2. The van der Waals surface area contributed by atoms with E-state index in [1.165, 1.54) is 9.71 Å². The predicted octanol–water partition coefficient (Wildman–Crippen LogP) is 5.65. The van der Waals surface area contributed by atoms with Crippen molar-refractivity contribution >= 4 is 44.9 Å². The molecule has 0 radical (unpaired) electrons. The summed E-state index contributed by atoms with van der Waals surface area (Å²) in [6.45, 7) is 4.21. The zero-order valence-electron chi connectivity index (χ0n) is 17.6. The van der Waals surface area contributed by atoms with Gasteiger partial charge in [0, 0.05) is 41.8 Å². The number of rotatable bonds is 5. The van der Waals surface area contributed by atoms with Crippen LogP contribution >= 0.6 is 22.9 Å². The summed E-state index contributed by atoms with van der Waals surface area (Å²) in [5.41, 5.74) is 1.65. The maximum absolute atomic E-state index is 12.8. The van der Waals surface area contributed by atoms with Crippen molar-refractivity contribution in [3.8, 4) is 0 Å². The molecule has 1 aromatic carbocycles. The third kappa shape index (κ3) is 4.60. The van der Waals surface area contributed by atoms with Crippen LogP contribution < -0.4 is 10.2 Å². The molecule has 0 atom stereocenters. The summed E-state index contributed by atoms with van der Waals surface area (Å²) in [6, 6.07) is 10.1. The lowest BCUT2D eigenvalue weighted by Crippen LogP contribution is -2.37. The lowest BCUT2D eigenvalue weighted by molar-refractivity contribution is 0.0925. The number of hydrogen-bond donors (Lipinski definition) is 1. The van der Waals surface area contributed by atoms with Gasteiger partial charge in [0.15, 0.2) is 0 Å². The number of thiazole rings is 1. The number of benzene rings is 1. The van der Waals surface area contributed by atoms with Gasteiger partial charge in [-0.15, -0.1) is 11.3 Å². The lowest BCUT2D eigenvalue weighted by Gasteiger charge is -2.28. The van der Waals surface area contributed by atoms with Crippen LogP contribution in [-0.2, 0) is 0 Å². The van der Waals surface area contributed by atoms with E-state index in [1.54, 1.807) is 23.6 Å². The molecule has 0 bridgehead atoms. The number of anilines is 1. The number of halogens is 1. The van der Waals surface area contributed by atoms with E-state index in [4.69, 9.17) is 16.6 Å². The topological polar surface area (TPSA) is 58.1 Å². The highest BCUT2D eigenvalue weighted by Crippen LogP contribution is 2.37. The van der Waals surface area contributed by atoms with E-state index in [1.807, 2.05) is 31.3 Å². The van der Waals surface area contributed by atoms with Gasteiger partial charge in [-0.1, -0.05) is 11.6 Å². The van der Waals surface area contributed by atoms with Gasteiger partial charge in [-0.25, -0.2) is 9.97 Å². The summed E-state index contributed by atoms with van der Waals surface area (Å²) in [7, 11) is 1.99. The molecule has 4 rings (SSSR count). The van der Waals surface area contributed by atoms with Gasteiger partial charge in [0.1, 0.15) is 5.82 Å². The van der Waals surface area contributed by atoms with Crippen LogP contribution in [0.15, 0.2) is 36.5 Å². The number of hydrogen-bond acceptors (Lipinski definition) is 5. The number of nitrogens with zero attached hydrogens (tertiary/aromatic N) is 3. The Morgan fingerprint density at radius 2 is 1.97 bits per heavy atom. The molecule has 2 aromatic heterocycles. The van der Waals surface area contributed by atoms with E-state index < -0.39 is 0 Å². The Balaban J connectivity index is 1.36. The Labute approximate surface area is 186 Å². The standard InChI is InChI=1S/C23H27ClN4OS/c1-14(2)28(3)21-12-16(10-11-25-21)22(29)26-18-7-4-15(5-8-18)23-27-19-13-17(24)6-9-20(19)30-23/h6,9-15,18H,4-5,7-8H2,1-3H3,(H,26,29). The molecule has 0 saturated heterocycles. The first kappa shape index (κ1) is 21.1. The molecular formula is C23H27ClN4OS. The first-order valence-electron chi connectivity index (χ1n) is 10.5. The van der Waals surface area contributed by atoms with Gasteiger partial charge in [0.2, 0.25) is 0 Å². The lowest BCUT2D eigenvalue weighted by atomic mass is 9.86. The third-order valence-corrected chi connectivity index (χ3v) is 7.36. The van der Waals surface area contributed by atoms with Crippen LogP contribution in [0.3, 0.4) is 0 Å². The molecule has 30 heavy (non-hydrogen) atoms. The summed E-state index contributed by atoms with van der Waals surface area (Å²) >= 11 is 7.85. The van der Waals surface area contributed by atoms with Crippen molar-refractivity contribution in [1.29, 1.82) is 0 Å². The molecule has 5 nitrogen and oxygen atoms in total. The van der Waals surface area contributed by atoms with Crippen molar-refractivity contribution < 1.29 is 4.79 Å². The van der Waals surface area contributed by atoms with Crippen molar-refractivity contribution in [2.75, 3.05) is 11.9 Å². The highest BCUT2D eigenvalue weighted by Gasteiger charge is 2.26. The first-order valence-corrected chi connectivity index (χ1v) is 11.7. The van der Waals surface area contributed by atoms with E-state index >= 15 is 0 Å². The van der Waals surface area contributed by atoms with Gasteiger partial charge >= 0.3 is 0 Å². The van der Waals surface area contributed by atoms with Crippen LogP contribution in [0.2, 0.25) is 5.02 Å². The molecular weight excluding hydrogens is 416 g/mol. The molecule has 0 aliphatic heterocycles. The smallest absolute Gasteiger partial charge is 0.251 e. The normalized spacial score (nSPS) is 19.2. The fraction of sp³-hybridized carbons (Fsp3) is 0.435. The highest BCUT2D eigenvalue weighted by atomic mass is 35.5. The molecule has 0 unspecified atom stereocenters. The minimum atomic E-state index is -0.0196. The number of nitrogens with one attached hydrogen (secondary N) is 1. The second kappa shape index (κ2) is 8.90. The van der Waals surface area contributed by atoms with E-state index in [-0.39, 0.29) is 11.9 Å². The quantitative estimate of drug-likeness (QED) is 0.555. The zero-order valence-corrected chi connectivity index (χ0v) is 19.1. The maximum atomic E-state index is 12.8. The summed E-state index contributed by atoms with van der Waals surface area (Å²) in [6.07, 6.45) is 5.72. The summed E-state index contributed by atoms with van der Waals surface area (Å²) < 4.78 is 1.18. The molecule has 1 N–H and O–H groups in total. The Morgan fingerprint density at radius 1 is 1.20 bits per heavy atom. The van der Waals surface area contributed by atoms with Crippen LogP contribution in [0, 0.1) is 0 Å². The van der Waals surface area contributed by atoms with Gasteiger partial charge in [0.25, 0.3) is 5.91 Å². The van der Waals surface area contributed by atoms with E-state index in [0.717, 1.165) is 42.0 Å². The van der Waals surface area contributed by atoms with Gasteiger partial charge < -0.3 is 10.2 Å². The molecule has 7 heteroatoms. The molecule has 1 amide bonds. The number of amides is 1. The van der Waals surface area contributed by atoms with E-state index in [0.29, 0.717) is 17.5 Å². The molecule has 0 spiro atoms. The molecule has 1 saturated carbocycles. The van der Waals surface area contributed by atoms with Gasteiger partial charge in [-0.2, -0.15) is 0 Å². The van der Waals surface area contributed by atoms with Crippen molar-refractivity contribution in [3.05, 3.63) is 52.1 Å². The maximum Gasteiger partial charge on any atom is 0.251 e. The van der Waals surface area contributed by atoms with Crippen molar-refractivity contribution in [2.24, 2.45) is 0 Å². The predicted molar refractivity (Wildman–Crippen MR) is 125 cm³/mol.